The fourth-order valence-corrected chi connectivity index (χ4v) is 3.59. The molecule has 0 radical (unpaired) electrons. The summed E-state index contributed by atoms with van der Waals surface area (Å²) in [6.45, 7) is 10.5. The number of nitrogens with zero attached hydrogens (tertiary/aromatic N) is 2. The second kappa shape index (κ2) is 8.27. The van der Waals surface area contributed by atoms with Gasteiger partial charge in [0.05, 0.1) is 25.3 Å². The number of ether oxygens (including phenoxy) is 2. The van der Waals surface area contributed by atoms with Gasteiger partial charge in [-0.1, -0.05) is 18.2 Å². The Labute approximate surface area is 157 Å². The van der Waals surface area contributed by atoms with Gasteiger partial charge in [-0.3, -0.25) is 4.99 Å². The van der Waals surface area contributed by atoms with Gasteiger partial charge >= 0.3 is 0 Å². The first-order valence-corrected chi connectivity index (χ1v) is 9.60. The quantitative estimate of drug-likeness (QED) is 0.637. The summed E-state index contributed by atoms with van der Waals surface area (Å²) in [6, 6.07) is 8.42. The summed E-state index contributed by atoms with van der Waals surface area (Å²) in [7, 11) is 2.13. The molecule has 144 valence electrons. The van der Waals surface area contributed by atoms with Crippen molar-refractivity contribution in [2.24, 2.45) is 4.99 Å². The number of benzene rings is 1. The monoisotopic (exact) mass is 360 g/mol. The lowest BCUT2D eigenvalue weighted by Gasteiger charge is -2.38. The zero-order valence-electron chi connectivity index (χ0n) is 16.4. The van der Waals surface area contributed by atoms with Crippen molar-refractivity contribution in [3.63, 3.8) is 0 Å². The summed E-state index contributed by atoms with van der Waals surface area (Å²) in [5.74, 6) is 1.79. The van der Waals surface area contributed by atoms with E-state index in [1.54, 1.807) is 0 Å². The Balaban J connectivity index is 1.72. The van der Waals surface area contributed by atoms with Crippen LogP contribution in [0.25, 0.3) is 0 Å². The van der Waals surface area contributed by atoms with Crippen LogP contribution in [0.5, 0.6) is 5.75 Å². The predicted octanol–water partition coefficient (Wildman–Crippen LogP) is 2.17. The summed E-state index contributed by atoms with van der Waals surface area (Å²) in [4.78, 5) is 7.08. The number of rotatable bonds is 4. The van der Waals surface area contributed by atoms with E-state index >= 15 is 0 Å². The minimum absolute atomic E-state index is 0.155. The third-order valence-corrected chi connectivity index (χ3v) is 4.83. The van der Waals surface area contributed by atoms with Crippen molar-refractivity contribution < 1.29 is 9.47 Å². The van der Waals surface area contributed by atoms with Gasteiger partial charge < -0.3 is 25.0 Å². The van der Waals surface area contributed by atoms with Gasteiger partial charge in [-0.05, 0) is 33.9 Å². The fraction of sp³-hybridized carbons (Fsp3) is 0.650. The van der Waals surface area contributed by atoms with Gasteiger partial charge in [-0.15, -0.1) is 0 Å². The number of para-hydroxylation sites is 1. The number of likely N-dealkylation sites (N-methyl/N-ethyl adjacent to an activating group) is 1. The van der Waals surface area contributed by atoms with E-state index < -0.39 is 0 Å². The van der Waals surface area contributed by atoms with E-state index in [1.807, 2.05) is 12.1 Å². The molecular formula is C20H32N4O2. The molecule has 1 saturated heterocycles. The molecule has 1 aromatic rings. The molecule has 0 amide bonds. The van der Waals surface area contributed by atoms with E-state index in [-0.39, 0.29) is 17.7 Å². The number of guanidine groups is 1. The van der Waals surface area contributed by atoms with E-state index in [1.165, 1.54) is 5.56 Å². The van der Waals surface area contributed by atoms with Crippen molar-refractivity contribution in [1.29, 1.82) is 0 Å². The Kier molecular flexibility index (Phi) is 6.04. The van der Waals surface area contributed by atoms with E-state index in [4.69, 9.17) is 14.5 Å². The minimum atomic E-state index is -0.210. The van der Waals surface area contributed by atoms with Crippen LogP contribution in [0.4, 0.5) is 0 Å². The molecule has 1 aromatic carbocycles. The molecule has 0 spiro atoms. The van der Waals surface area contributed by atoms with Gasteiger partial charge in [0.2, 0.25) is 0 Å². The van der Waals surface area contributed by atoms with Crippen LogP contribution in [0.2, 0.25) is 0 Å². The van der Waals surface area contributed by atoms with Crippen molar-refractivity contribution in [3.8, 4) is 5.75 Å². The maximum absolute atomic E-state index is 6.13. The largest absolute Gasteiger partial charge is 0.487 e. The standard InChI is InChI=1S/C20H32N4O2/c1-5-21-19(22-13-15-14-24(4)10-11-25-15)23-17-12-20(2,3)26-18-9-7-6-8-16(17)18/h6-9,15,17H,5,10-14H2,1-4H3,(H2,21,22,23). The molecule has 0 aliphatic carbocycles. The van der Waals surface area contributed by atoms with Crippen molar-refractivity contribution >= 4 is 5.96 Å². The van der Waals surface area contributed by atoms with Gasteiger partial charge in [-0.25, -0.2) is 0 Å². The van der Waals surface area contributed by atoms with Gasteiger partial charge in [0.25, 0.3) is 0 Å². The van der Waals surface area contributed by atoms with E-state index in [9.17, 15) is 0 Å². The van der Waals surface area contributed by atoms with Crippen LogP contribution in [-0.4, -0.2) is 62.4 Å². The molecule has 2 unspecified atom stereocenters. The normalized spacial score (nSPS) is 25.9. The molecule has 3 rings (SSSR count). The summed E-state index contributed by atoms with van der Waals surface area (Å²) < 4.78 is 12.0. The number of nitrogens with one attached hydrogen (secondary N) is 2. The maximum atomic E-state index is 6.13. The first-order valence-electron chi connectivity index (χ1n) is 9.60. The second-order valence-electron chi connectivity index (χ2n) is 7.78. The van der Waals surface area contributed by atoms with Gasteiger partial charge in [-0.2, -0.15) is 0 Å². The van der Waals surface area contributed by atoms with Gasteiger partial charge in [0.15, 0.2) is 5.96 Å². The lowest BCUT2D eigenvalue weighted by atomic mass is 9.90. The number of morpholine rings is 1. The molecule has 6 heteroatoms. The zero-order valence-corrected chi connectivity index (χ0v) is 16.4. The van der Waals surface area contributed by atoms with Crippen molar-refractivity contribution in [3.05, 3.63) is 29.8 Å². The average Bonchev–Trinajstić information content (AvgIpc) is 2.59. The molecule has 2 aliphatic rings. The van der Waals surface area contributed by atoms with Gasteiger partial charge in [0, 0.05) is 31.6 Å². The van der Waals surface area contributed by atoms with Crippen LogP contribution in [0.1, 0.15) is 38.8 Å². The minimum Gasteiger partial charge on any atom is -0.487 e. The number of hydrogen-bond acceptors (Lipinski definition) is 4. The Bertz CT molecular complexity index is 632. The van der Waals surface area contributed by atoms with Crippen molar-refractivity contribution in [2.45, 2.75) is 44.9 Å². The molecule has 2 atom stereocenters. The Morgan fingerprint density at radius 3 is 2.92 bits per heavy atom. The smallest absolute Gasteiger partial charge is 0.191 e. The van der Waals surface area contributed by atoms with Crippen LogP contribution in [0, 0.1) is 0 Å². The SMILES string of the molecule is CCNC(=NCC1CN(C)CCO1)NC1CC(C)(C)Oc2ccccc21. The summed E-state index contributed by atoms with van der Waals surface area (Å²) in [5, 5.41) is 6.98. The zero-order chi connectivity index (χ0) is 18.6. The summed E-state index contributed by atoms with van der Waals surface area (Å²) in [6.07, 6.45) is 1.04. The molecule has 2 heterocycles. The highest BCUT2D eigenvalue weighted by Crippen LogP contribution is 2.39. The Morgan fingerprint density at radius 1 is 1.35 bits per heavy atom. The predicted molar refractivity (Wildman–Crippen MR) is 105 cm³/mol. The number of aliphatic imine (C=N–C) groups is 1. The number of hydrogen-bond donors (Lipinski definition) is 2. The summed E-state index contributed by atoms with van der Waals surface area (Å²) in [5.41, 5.74) is 0.976. The molecule has 26 heavy (non-hydrogen) atoms. The average molecular weight is 361 g/mol. The maximum Gasteiger partial charge on any atom is 0.191 e. The van der Waals surface area contributed by atoms with Gasteiger partial charge in [0.1, 0.15) is 11.4 Å². The third-order valence-electron chi connectivity index (χ3n) is 4.83. The van der Waals surface area contributed by atoms with Crippen molar-refractivity contribution in [1.82, 2.24) is 15.5 Å². The first-order chi connectivity index (χ1) is 12.5. The lowest BCUT2D eigenvalue weighted by Crippen LogP contribution is -2.46. The van der Waals surface area contributed by atoms with Crippen LogP contribution in [-0.2, 0) is 4.74 Å². The molecule has 0 aromatic heterocycles. The van der Waals surface area contributed by atoms with E-state index in [0.717, 1.165) is 44.4 Å². The van der Waals surface area contributed by atoms with E-state index in [2.05, 4.69) is 55.5 Å². The molecule has 0 bridgehead atoms. The second-order valence-corrected chi connectivity index (χ2v) is 7.78. The highest BCUT2D eigenvalue weighted by Gasteiger charge is 2.34. The Hall–Kier alpha value is -1.79. The molecular weight excluding hydrogens is 328 g/mol. The van der Waals surface area contributed by atoms with Crippen molar-refractivity contribution in [2.75, 3.05) is 39.8 Å². The molecule has 1 fully saturated rings. The van der Waals surface area contributed by atoms with E-state index in [0.29, 0.717) is 6.54 Å². The molecule has 0 saturated carbocycles. The highest BCUT2D eigenvalue weighted by atomic mass is 16.5. The van der Waals surface area contributed by atoms with Crippen LogP contribution < -0.4 is 15.4 Å². The molecule has 2 N–H and O–H groups in total. The lowest BCUT2D eigenvalue weighted by molar-refractivity contribution is -0.0136. The first kappa shape index (κ1) is 19.0. The van der Waals surface area contributed by atoms with Crippen LogP contribution >= 0.6 is 0 Å². The fourth-order valence-electron chi connectivity index (χ4n) is 3.59. The number of fused-ring (bicyclic) bond motifs is 1. The molecule has 6 nitrogen and oxygen atoms in total. The van der Waals surface area contributed by atoms with Crippen LogP contribution in [0.15, 0.2) is 29.3 Å². The Morgan fingerprint density at radius 2 is 2.15 bits per heavy atom. The van der Waals surface area contributed by atoms with Crippen LogP contribution in [0.3, 0.4) is 0 Å². The molecule has 2 aliphatic heterocycles. The topological polar surface area (TPSA) is 58.1 Å². The highest BCUT2D eigenvalue weighted by molar-refractivity contribution is 5.80. The third kappa shape index (κ3) is 4.89. The summed E-state index contributed by atoms with van der Waals surface area (Å²) >= 11 is 0.